The molecule has 1 radical (unpaired) electrons. The van der Waals surface area contributed by atoms with Gasteiger partial charge in [-0.1, -0.05) is 6.07 Å². The Kier molecular flexibility index (Phi) is 12.4. The van der Waals surface area contributed by atoms with E-state index in [2.05, 4.69) is 14.8 Å². The van der Waals surface area contributed by atoms with E-state index in [0.29, 0.717) is 5.56 Å². The Labute approximate surface area is 97.6 Å². The summed E-state index contributed by atoms with van der Waals surface area (Å²) in [6.07, 6.45) is 1.78. The minimum atomic E-state index is -0.543. The third-order valence-corrected chi connectivity index (χ3v) is 0.892. The van der Waals surface area contributed by atoms with E-state index >= 15 is 0 Å². The summed E-state index contributed by atoms with van der Waals surface area (Å²) in [6, 6.07) is 8.90. The van der Waals surface area contributed by atoms with Crippen LogP contribution in [-0.4, -0.2) is 26.0 Å². The Bertz CT molecular complexity index is 209. The van der Waals surface area contributed by atoms with E-state index in [9.17, 15) is 4.79 Å². The molecule has 0 bridgehead atoms. The van der Waals surface area contributed by atoms with Crippen molar-refractivity contribution >= 4 is 26.0 Å². The molecule has 1 nitrogen and oxygen atoms in total. The van der Waals surface area contributed by atoms with Gasteiger partial charge in [0.05, 0.1) is 6.29 Å². The molecule has 0 N–H and O–H groups in total. The normalized spacial score (nSPS) is 8.00. The Morgan fingerprint density at radius 1 is 1.08 bits per heavy atom. The molecule has 1 aromatic carbocycles. The molecule has 1 aromatic rings. The minimum Gasteiger partial charge on any atom is 0 e. The Hall–Kier alpha value is 0.182. The Balaban J connectivity index is 0. The van der Waals surface area contributed by atoms with Crippen LogP contribution in [0, 0.1) is 0 Å². The van der Waals surface area contributed by atoms with Gasteiger partial charge in [0.2, 0.25) is 0 Å². The van der Waals surface area contributed by atoms with Crippen molar-refractivity contribution in [3.05, 3.63) is 35.9 Å². The fourth-order valence-corrected chi connectivity index (χ4v) is 0.506. The average Bonchev–Trinajstić information content (AvgIpc) is 2.05. The first-order chi connectivity index (χ1) is 5.66. The first kappa shape index (κ1) is 15.6. The maximum atomic E-state index is 9.88. The summed E-state index contributed by atoms with van der Waals surface area (Å²) in [5.41, 5.74) is 0.604. The SMILES string of the molecule is O=[C-]c1ccccc1.[CH3][Sn]([CH3])[CH3].[Ni]. The van der Waals surface area contributed by atoms with Crippen LogP contribution in [0.15, 0.2) is 30.3 Å². The molecule has 0 saturated heterocycles. The maximum Gasteiger partial charge on any atom is 0 e. The van der Waals surface area contributed by atoms with Gasteiger partial charge >= 0.3 is 34.6 Å². The summed E-state index contributed by atoms with van der Waals surface area (Å²) in [6.45, 7) is 0. The molecule has 0 aliphatic heterocycles. The van der Waals surface area contributed by atoms with Crippen molar-refractivity contribution in [1.82, 2.24) is 0 Å². The molecule has 0 saturated carbocycles. The maximum absolute atomic E-state index is 9.88. The first-order valence-corrected chi connectivity index (χ1v) is 12.4. The topological polar surface area (TPSA) is 17.1 Å². The van der Waals surface area contributed by atoms with Crippen LogP contribution < -0.4 is 0 Å². The van der Waals surface area contributed by atoms with Crippen LogP contribution in [0.3, 0.4) is 0 Å². The molecule has 0 aliphatic rings. The van der Waals surface area contributed by atoms with E-state index in [-0.39, 0.29) is 16.5 Å². The predicted molar refractivity (Wildman–Crippen MR) is 54.6 cm³/mol. The van der Waals surface area contributed by atoms with Gasteiger partial charge in [0.25, 0.3) is 0 Å². The summed E-state index contributed by atoms with van der Waals surface area (Å²) < 4.78 is 0. The van der Waals surface area contributed by atoms with Gasteiger partial charge in [-0.25, -0.2) is 0 Å². The van der Waals surface area contributed by atoms with Gasteiger partial charge in [-0.05, 0) is 0 Å². The summed E-state index contributed by atoms with van der Waals surface area (Å²) >= 11 is -0.543. The average molecular weight is 328 g/mol. The zero-order chi connectivity index (χ0) is 9.40. The molecule has 0 spiro atoms. The molecule has 0 amide bonds. The molecule has 3 heteroatoms. The summed E-state index contributed by atoms with van der Waals surface area (Å²) in [7, 11) is 0. The van der Waals surface area contributed by atoms with E-state index < -0.39 is 19.8 Å². The molecular formula is C10H14NiOSn-. The van der Waals surface area contributed by atoms with Crippen LogP contribution in [0.4, 0.5) is 0 Å². The molecule has 1 rings (SSSR count). The van der Waals surface area contributed by atoms with Gasteiger partial charge in [0.15, 0.2) is 0 Å². The fourth-order valence-electron chi connectivity index (χ4n) is 0.506. The molecular weight excluding hydrogens is 314 g/mol. The first-order valence-electron chi connectivity index (χ1n) is 3.86. The van der Waals surface area contributed by atoms with Crippen LogP contribution in [0.5, 0.6) is 0 Å². The van der Waals surface area contributed by atoms with Crippen LogP contribution >= 0.6 is 0 Å². The minimum absolute atomic E-state index is 0. The van der Waals surface area contributed by atoms with Crippen molar-refractivity contribution in [2.75, 3.05) is 0 Å². The standard InChI is InChI=1S/C7H5O.3CH3.Ni.Sn/c8-6-7-4-2-1-3-5-7;;;;;/h1-5H;3*1H3;;/q-1;;;;;. The molecule has 0 unspecified atom stereocenters. The molecule has 13 heavy (non-hydrogen) atoms. The molecule has 0 heterocycles. The monoisotopic (exact) mass is 328 g/mol. The quantitative estimate of drug-likeness (QED) is 0.572. The van der Waals surface area contributed by atoms with Crippen LogP contribution in [0.2, 0.25) is 14.8 Å². The van der Waals surface area contributed by atoms with Crippen LogP contribution in [-0.2, 0) is 21.3 Å². The van der Waals surface area contributed by atoms with Crippen molar-refractivity contribution in [2.45, 2.75) is 14.8 Å². The molecule has 0 fully saturated rings. The van der Waals surface area contributed by atoms with Crippen molar-refractivity contribution in [2.24, 2.45) is 0 Å². The number of hydrogen-bond donors (Lipinski definition) is 0. The van der Waals surface area contributed by atoms with E-state index in [0.717, 1.165) is 0 Å². The van der Waals surface area contributed by atoms with Gasteiger partial charge < -0.3 is 4.79 Å². The summed E-state index contributed by atoms with van der Waals surface area (Å²) in [5.74, 6) is 0. The van der Waals surface area contributed by atoms with E-state index in [1.807, 2.05) is 6.07 Å². The van der Waals surface area contributed by atoms with Gasteiger partial charge in [-0.2, -0.15) is 17.7 Å². The molecule has 0 aliphatic carbocycles. The van der Waals surface area contributed by atoms with Crippen molar-refractivity contribution in [3.8, 4) is 0 Å². The predicted octanol–water partition coefficient (Wildman–Crippen LogP) is 2.51. The zero-order valence-electron chi connectivity index (χ0n) is 8.11. The third kappa shape index (κ3) is 12.2. The van der Waals surface area contributed by atoms with Crippen molar-refractivity contribution in [3.63, 3.8) is 0 Å². The largest absolute Gasteiger partial charge is 0 e. The zero-order valence-corrected chi connectivity index (χ0v) is 12.0. The summed E-state index contributed by atoms with van der Waals surface area (Å²) in [4.78, 5) is 17.0. The summed E-state index contributed by atoms with van der Waals surface area (Å²) in [5, 5.41) is 0. The van der Waals surface area contributed by atoms with E-state index in [1.54, 1.807) is 30.6 Å². The fraction of sp³-hybridized carbons (Fsp3) is 0.300. The Morgan fingerprint density at radius 2 is 1.46 bits per heavy atom. The number of rotatable bonds is 1. The van der Waals surface area contributed by atoms with Crippen molar-refractivity contribution < 1.29 is 21.3 Å². The molecule has 0 atom stereocenters. The van der Waals surface area contributed by atoms with Gasteiger partial charge in [-0.15, -0.1) is 12.1 Å². The second-order valence-corrected chi connectivity index (χ2v) is 11.5. The van der Waals surface area contributed by atoms with Gasteiger partial charge in [-0.3, -0.25) is 0 Å². The second-order valence-electron chi connectivity index (χ2n) is 2.97. The Morgan fingerprint density at radius 3 is 1.69 bits per heavy atom. The van der Waals surface area contributed by atoms with Gasteiger partial charge in [0.1, 0.15) is 0 Å². The van der Waals surface area contributed by atoms with E-state index in [4.69, 9.17) is 0 Å². The molecule has 0 aromatic heterocycles. The van der Waals surface area contributed by atoms with Gasteiger partial charge in [0, 0.05) is 16.5 Å². The number of hydrogen-bond acceptors (Lipinski definition) is 1. The third-order valence-electron chi connectivity index (χ3n) is 0.892. The second kappa shape index (κ2) is 10.3. The van der Waals surface area contributed by atoms with Crippen LogP contribution in [0.1, 0.15) is 5.56 Å². The smallest absolute Gasteiger partial charge is 0 e. The van der Waals surface area contributed by atoms with Crippen LogP contribution in [0.25, 0.3) is 0 Å². The van der Waals surface area contributed by atoms with Crippen molar-refractivity contribution in [1.29, 1.82) is 0 Å². The van der Waals surface area contributed by atoms with E-state index in [1.165, 1.54) is 0 Å². The molecule has 75 valence electrons. The number of benzene rings is 1. The number of carbonyl (C=O) groups excluding carboxylic acids is 1.